The number of nitrogens with one attached hydrogen (secondary N) is 1. The molecule has 136 valence electrons. The molecular weight excluding hydrogens is 345 g/mol. The normalized spacial score (nSPS) is 15.5. The number of benzene rings is 1. The van der Waals surface area contributed by atoms with Crippen LogP contribution in [0.3, 0.4) is 0 Å². The van der Waals surface area contributed by atoms with E-state index >= 15 is 0 Å². The number of pyridine rings is 1. The second-order valence-corrected chi connectivity index (χ2v) is 7.64. The van der Waals surface area contributed by atoms with Crippen molar-refractivity contribution in [3.63, 3.8) is 0 Å². The van der Waals surface area contributed by atoms with Gasteiger partial charge in [-0.15, -0.1) is 0 Å². The maximum absolute atomic E-state index is 13.5. The summed E-state index contributed by atoms with van der Waals surface area (Å²) < 4.78 is 21.5. The van der Waals surface area contributed by atoms with Crippen LogP contribution in [0.15, 0.2) is 42.7 Å². The number of aromatic amines is 1. The van der Waals surface area contributed by atoms with E-state index in [0.29, 0.717) is 12.3 Å². The number of rotatable bonds is 2. The second kappa shape index (κ2) is 5.64. The minimum absolute atomic E-state index is 0.0143. The number of hydrogen-bond donors (Lipinski definition) is 1. The van der Waals surface area contributed by atoms with Crippen molar-refractivity contribution in [2.24, 2.45) is 5.41 Å². The van der Waals surface area contributed by atoms with Crippen molar-refractivity contribution in [3.05, 3.63) is 48.5 Å². The first-order chi connectivity index (χ1) is 13.0. The Labute approximate surface area is 155 Å². The van der Waals surface area contributed by atoms with Gasteiger partial charge in [0.2, 0.25) is 5.88 Å². The Morgan fingerprint density at radius 2 is 2.00 bits per heavy atom. The van der Waals surface area contributed by atoms with Gasteiger partial charge in [-0.05, 0) is 30.3 Å². The fourth-order valence-corrected chi connectivity index (χ4v) is 3.54. The lowest BCUT2D eigenvalue weighted by Crippen LogP contribution is -2.33. The summed E-state index contributed by atoms with van der Waals surface area (Å²) in [6.45, 7) is 5.65. The molecule has 0 aliphatic carbocycles. The van der Waals surface area contributed by atoms with E-state index in [9.17, 15) is 4.39 Å². The molecule has 4 aromatic rings. The Balaban J connectivity index is 1.79. The van der Waals surface area contributed by atoms with Gasteiger partial charge in [-0.2, -0.15) is 10.2 Å². The highest BCUT2D eigenvalue weighted by molar-refractivity contribution is 5.98. The van der Waals surface area contributed by atoms with E-state index in [1.165, 1.54) is 12.1 Å². The fourth-order valence-electron chi connectivity index (χ4n) is 3.54. The zero-order valence-electron chi connectivity index (χ0n) is 15.0. The molecule has 3 aromatic heterocycles. The van der Waals surface area contributed by atoms with Gasteiger partial charge in [0, 0.05) is 28.1 Å². The molecule has 0 unspecified atom stereocenters. The number of fused-ring (bicyclic) bond motifs is 2. The number of ether oxygens (including phenoxy) is 1. The molecule has 0 fully saturated rings. The summed E-state index contributed by atoms with van der Waals surface area (Å²) in [7, 11) is 0. The Kier molecular flexibility index (Phi) is 3.34. The predicted octanol–water partition coefficient (Wildman–Crippen LogP) is 4.05. The predicted molar refractivity (Wildman–Crippen MR) is 99.8 cm³/mol. The van der Waals surface area contributed by atoms with E-state index < -0.39 is 0 Å². The molecule has 0 radical (unpaired) electrons. The van der Waals surface area contributed by atoms with Gasteiger partial charge in [-0.3, -0.25) is 5.10 Å². The molecule has 0 spiro atoms. The molecule has 7 heteroatoms. The minimum Gasteiger partial charge on any atom is -0.477 e. The van der Waals surface area contributed by atoms with Crippen molar-refractivity contribution in [3.8, 4) is 28.3 Å². The number of H-pyrrole nitrogens is 1. The van der Waals surface area contributed by atoms with Gasteiger partial charge in [0.25, 0.3) is 0 Å². The third kappa shape index (κ3) is 2.58. The van der Waals surface area contributed by atoms with Crippen molar-refractivity contribution in [1.82, 2.24) is 25.0 Å². The molecule has 5 rings (SSSR count). The van der Waals surface area contributed by atoms with Gasteiger partial charge in [0.1, 0.15) is 11.5 Å². The van der Waals surface area contributed by atoms with E-state index in [2.05, 4.69) is 29.0 Å². The molecule has 0 saturated carbocycles. The summed E-state index contributed by atoms with van der Waals surface area (Å²) in [5, 5.41) is 12.7. The molecule has 27 heavy (non-hydrogen) atoms. The van der Waals surface area contributed by atoms with Crippen LogP contribution in [0, 0.1) is 11.2 Å². The molecule has 1 aliphatic heterocycles. The van der Waals surface area contributed by atoms with Crippen LogP contribution in [0.1, 0.15) is 13.8 Å². The second-order valence-electron chi connectivity index (χ2n) is 7.64. The average molecular weight is 363 g/mol. The van der Waals surface area contributed by atoms with Crippen molar-refractivity contribution in [1.29, 1.82) is 0 Å². The summed E-state index contributed by atoms with van der Waals surface area (Å²) in [6, 6.07) is 8.31. The van der Waals surface area contributed by atoms with Crippen molar-refractivity contribution in [2.45, 2.75) is 20.4 Å². The van der Waals surface area contributed by atoms with E-state index in [0.717, 1.165) is 40.2 Å². The third-order valence-electron chi connectivity index (χ3n) is 4.82. The smallest absolute Gasteiger partial charge is 0.220 e. The molecule has 1 aliphatic rings. The van der Waals surface area contributed by atoms with Crippen LogP contribution in [-0.4, -0.2) is 31.6 Å². The van der Waals surface area contributed by atoms with Crippen molar-refractivity contribution < 1.29 is 9.13 Å². The Morgan fingerprint density at radius 1 is 1.19 bits per heavy atom. The Morgan fingerprint density at radius 3 is 2.81 bits per heavy atom. The van der Waals surface area contributed by atoms with Crippen LogP contribution >= 0.6 is 0 Å². The zero-order chi connectivity index (χ0) is 18.6. The van der Waals surface area contributed by atoms with Crippen LogP contribution in [-0.2, 0) is 6.54 Å². The maximum Gasteiger partial charge on any atom is 0.220 e. The summed E-state index contributed by atoms with van der Waals surface area (Å²) in [6.07, 6.45) is 3.49. The van der Waals surface area contributed by atoms with Crippen LogP contribution < -0.4 is 4.74 Å². The Bertz CT molecular complexity index is 1140. The SMILES string of the molecule is CC1(C)COc2c(-c3ccnc4[nH]ncc34)c(-c3ccc(F)cc3)nn2C1. The molecule has 0 saturated heterocycles. The van der Waals surface area contributed by atoms with E-state index in [1.807, 2.05) is 10.7 Å². The average Bonchev–Trinajstić information content (AvgIpc) is 3.25. The molecule has 0 atom stereocenters. The molecule has 1 aromatic carbocycles. The summed E-state index contributed by atoms with van der Waals surface area (Å²) >= 11 is 0. The van der Waals surface area contributed by atoms with E-state index in [4.69, 9.17) is 9.84 Å². The number of aromatic nitrogens is 5. The first-order valence-corrected chi connectivity index (χ1v) is 8.80. The van der Waals surface area contributed by atoms with Gasteiger partial charge in [0.15, 0.2) is 5.65 Å². The lowest BCUT2D eigenvalue weighted by Gasteiger charge is -2.30. The first-order valence-electron chi connectivity index (χ1n) is 8.80. The highest BCUT2D eigenvalue weighted by atomic mass is 19.1. The minimum atomic E-state index is -0.275. The standard InChI is InChI=1S/C20H18FN5O/c1-20(2)10-26-19(27-11-20)16(14-7-8-22-18-15(14)9-23-24-18)17(25-26)12-3-5-13(21)6-4-12/h3-9H,10-11H2,1-2H3,(H,22,23,24). The molecule has 0 bridgehead atoms. The number of halogens is 1. The molecule has 4 heterocycles. The number of nitrogens with zero attached hydrogens (tertiary/aromatic N) is 4. The van der Waals surface area contributed by atoms with Gasteiger partial charge in [-0.25, -0.2) is 14.1 Å². The molecule has 1 N–H and O–H groups in total. The molecular formula is C20H18FN5O. The van der Waals surface area contributed by atoms with Gasteiger partial charge < -0.3 is 4.74 Å². The zero-order valence-corrected chi connectivity index (χ0v) is 15.0. The maximum atomic E-state index is 13.5. The van der Waals surface area contributed by atoms with Crippen LogP contribution in [0.2, 0.25) is 0 Å². The van der Waals surface area contributed by atoms with Crippen molar-refractivity contribution >= 4 is 11.0 Å². The Hall–Kier alpha value is -3.22. The van der Waals surface area contributed by atoms with Crippen molar-refractivity contribution in [2.75, 3.05) is 6.61 Å². The third-order valence-corrected chi connectivity index (χ3v) is 4.82. The monoisotopic (exact) mass is 363 g/mol. The molecule has 0 amide bonds. The van der Waals surface area contributed by atoms with E-state index in [1.54, 1.807) is 24.5 Å². The summed E-state index contributed by atoms with van der Waals surface area (Å²) in [5.74, 6) is 0.449. The van der Waals surface area contributed by atoms with Gasteiger partial charge >= 0.3 is 0 Å². The topological polar surface area (TPSA) is 68.6 Å². The van der Waals surface area contributed by atoms with Crippen LogP contribution in [0.4, 0.5) is 4.39 Å². The number of hydrogen-bond acceptors (Lipinski definition) is 4. The highest BCUT2D eigenvalue weighted by Crippen LogP contribution is 2.44. The quantitative estimate of drug-likeness (QED) is 0.583. The lowest BCUT2D eigenvalue weighted by molar-refractivity contribution is 0.101. The van der Waals surface area contributed by atoms with Crippen LogP contribution in [0.5, 0.6) is 5.88 Å². The summed E-state index contributed by atoms with van der Waals surface area (Å²) in [4.78, 5) is 4.33. The van der Waals surface area contributed by atoms with Gasteiger partial charge in [-0.1, -0.05) is 13.8 Å². The van der Waals surface area contributed by atoms with Crippen LogP contribution in [0.25, 0.3) is 33.4 Å². The summed E-state index contributed by atoms with van der Waals surface area (Å²) in [5.41, 5.74) is 4.10. The van der Waals surface area contributed by atoms with Gasteiger partial charge in [0.05, 0.1) is 24.9 Å². The molecule has 6 nitrogen and oxygen atoms in total. The fraction of sp³-hybridized carbons (Fsp3) is 0.250. The highest BCUT2D eigenvalue weighted by Gasteiger charge is 2.32. The first kappa shape index (κ1) is 16.0. The largest absolute Gasteiger partial charge is 0.477 e. The lowest BCUT2D eigenvalue weighted by atomic mass is 9.93. The van der Waals surface area contributed by atoms with E-state index in [-0.39, 0.29) is 11.2 Å².